The molecule has 2 heterocycles. The number of ether oxygens (including phenoxy) is 2. The maximum absolute atomic E-state index is 14.9. The van der Waals surface area contributed by atoms with Gasteiger partial charge in [-0.25, -0.2) is 0 Å². The summed E-state index contributed by atoms with van der Waals surface area (Å²) in [6.45, 7) is 3.22. The quantitative estimate of drug-likeness (QED) is 0.310. The minimum absolute atomic E-state index is 0.00146. The monoisotopic (exact) mass is 667 g/mol. The number of hydrogen-bond acceptors (Lipinski definition) is 10. The number of methoxy groups -OCH3 is 1. The molecule has 0 aromatic heterocycles. The van der Waals surface area contributed by atoms with Crippen LogP contribution in [0.5, 0.6) is 11.5 Å². The molecule has 0 N–H and O–H groups in total. The number of piperidine rings is 1. The second-order valence-corrected chi connectivity index (χ2v) is 16.4. The molecule has 1 saturated heterocycles. The van der Waals surface area contributed by atoms with Crippen LogP contribution in [-0.4, -0.2) is 73.6 Å². The predicted octanol–water partition coefficient (Wildman–Crippen LogP) is 3.96. The number of ketones is 1. The molecule has 2 bridgehead atoms. The summed E-state index contributed by atoms with van der Waals surface area (Å²) in [4.78, 5) is 17.1. The summed E-state index contributed by atoms with van der Waals surface area (Å²) < 4.78 is 77.3. The van der Waals surface area contributed by atoms with Gasteiger partial charge in [-0.1, -0.05) is 41.5 Å². The lowest BCUT2D eigenvalue weighted by Crippen LogP contribution is -2.70. The molecule has 0 radical (unpaired) electrons. The van der Waals surface area contributed by atoms with Gasteiger partial charge in [0.2, 0.25) is 0 Å². The van der Waals surface area contributed by atoms with Crippen molar-refractivity contribution in [1.82, 2.24) is 4.90 Å². The van der Waals surface area contributed by atoms with Crippen LogP contribution in [-0.2, 0) is 45.2 Å². The molecular weight excluding hydrogens is 631 g/mol. The number of Topliss-reactive ketones (excluding diaryl/α,β-unsaturated/α-hetero) is 1. The van der Waals surface area contributed by atoms with Crippen molar-refractivity contribution in [3.63, 3.8) is 0 Å². The third kappa shape index (κ3) is 4.71. The zero-order valence-corrected chi connectivity index (χ0v) is 27.8. The average Bonchev–Trinajstić information content (AvgIpc) is 3.38. The molecule has 3 aromatic carbocycles. The van der Waals surface area contributed by atoms with Gasteiger partial charge in [0.15, 0.2) is 23.4 Å². The molecule has 3 aromatic rings. The van der Waals surface area contributed by atoms with Gasteiger partial charge in [0.05, 0.1) is 35.5 Å². The highest BCUT2D eigenvalue weighted by atomic mass is 32.2. The molecule has 244 valence electrons. The van der Waals surface area contributed by atoms with E-state index >= 15 is 0 Å². The van der Waals surface area contributed by atoms with Gasteiger partial charge in [0, 0.05) is 17.0 Å². The van der Waals surface area contributed by atoms with Crippen molar-refractivity contribution in [3.8, 4) is 11.5 Å². The van der Waals surface area contributed by atoms with E-state index in [0.717, 1.165) is 28.8 Å². The molecule has 2 aliphatic heterocycles. The molecule has 1 saturated carbocycles. The molecule has 46 heavy (non-hydrogen) atoms. The van der Waals surface area contributed by atoms with Gasteiger partial charge in [0.25, 0.3) is 20.2 Å². The summed E-state index contributed by atoms with van der Waals surface area (Å²) in [5.74, 6) is 0.444. The fourth-order valence-corrected chi connectivity index (χ4v) is 10.0. The fraction of sp³-hybridized carbons (Fsp3) is 0.441. The fourth-order valence-electron chi connectivity index (χ4n) is 8.07. The van der Waals surface area contributed by atoms with E-state index in [9.17, 15) is 21.6 Å². The minimum atomic E-state index is -4.31. The highest BCUT2D eigenvalue weighted by Crippen LogP contribution is 2.65. The summed E-state index contributed by atoms with van der Waals surface area (Å²) >= 11 is 0. The number of nitrogens with zero attached hydrogens (tertiary/aromatic N) is 1. The van der Waals surface area contributed by atoms with E-state index < -0.39 is 56.2 Å². The normalized spacial score (nSPS) is 26.3. The topological polar surface area (TPSA) is 126 Å². The Bertz CT molecular complexity index is 1840. The van der Waals surface area contributed by atoms with Gasteiger partial charge in [-0.15, -0.1) is 0 Å². The van der Waals surface area contributed by atoms with Crippen LogP contribution in [0, 0.1) is 25.2 Å². The van der Waals surface area contributed by atoms with Crippen LogP contribution in [0.2, 0.25) is 0 Å². The Morgan fingerprint density at radius 3 is 1.98 bits per heavy atom. The summed E-state index contributed by atoms with van der Waals surface area (Å²) in [6, 6.07) is 16.3. The molecule has 10 nitrogen and oxygen atoms in total. The molecule has 2 aliphatic carbocycles. The van der Waals surface area contributed by atoms with E-state index in [1.807, 2.05) is 33.0 Å². The Morgan fingerprint density at radius 2 is 1.43 bits per heavy atom. The van der Waals surface area contributed by atoms with Crippen molar-refractivity contribution >= 4 is 26.0 Å². The van der Waals surface area contributed by atoms with Crippen LogP contribution in [0.25, 0.3) is 0 Å². The molecule has 12 heteroatoms. The SMILES string of the molecule is COc1ccc2c3c1OC1C(=O)C(COS(=O)(=O)c4ccc(C)cc4)(COS(=O)(=O)c4ccc(C)cc4)C[C@H]4[C@@H](C2)N(C)CC[C@]314. The van der Waals surface area contributed by atoms with E-state index in [1.54, 1.807) is 31.4 Å². The van der Waals surface area contributed by atoms with Crippen LogP contribution in [0.4, 0.5) is 0 Å². The zero-order valence-electron chi connectivity index (χ0n) is 26.2. The number of carbonyl (C=O) groups excluding carboxylic acids is 1. The number of benzene rings is 3. The molecular formula is C34H37NO9S2. The van der Waals surface area contributed by atoms with Crippen LogP contribution in [0.1, 0.15) is 35.1 Å². The van der Waals surface area contributed by atoms with Crippen molar-refractivity contribution in [2.24, 2.45) is 11.3 Å². The van der Waals surface area contributed by atoms with Gasteiger partial charge >= 0.3 is 0 Å². The summed E-state index contributed by atoms with van der Waals surface area (Å²) in [5.41, 5.74) is 1.51. The largest absolute Gasteiger partial charge is 0.493 e. The maximum atomic E-state index is 14.9. The number of aryl methyl sites for hydroxylation is 2. The lowest BCUT2D eigenvalue weighted by molar-refractivity contribution is -0.161. The first-order valence-corrected chi connectivity index (χ1v) is 18.2. The van der Waals surface area contributed by atoms with E-state index in [0.29, 0.717) is 24.3 Å². The summed E-state index contributed by atoms with van der Waals surface area (Å²) in [6.07, 6.45) is 0.503. The lowest BCUT2D eigenvalue weighted by atomic mass is 9.47. The molecule has 4 aliphatic rings. The average molecular weight is 668 g/mol. The van der Waals surface area contributed by atoms with E-state index in [-0.39, 0.29) is 28.2 Å². The van der Waals surface area contributed by atoms with Crippen molar-refractivity contribution in [1.29, 1.82) is 0 Å². The van der Waals surface area contributed by atoms with Crippen LogP contribution in [0.15, 0.2) is 70.5 Å². The van der Waals surface area contributed by atoms with Gasteiger partial charge in [-0.05, 0) is 88.5 Å². The van der Waals surface area contributed by atoms with Gasteiger partial charge < -0.3 is 14.4 Å². The Kier molecular flexibility index (Phi) is 7.41. The lowest BCUT2D eigenvalue weighted by Gasteiger charge is -2.60. The predicted molar refractivity (Wildman–Crippen MR) is 168 cm³/mol. The van der Waals surface area contributed by atoms with Gasteiger partial charge in [0.1, 0.15) is 0 Å². The third-order valence-corrected chi connectivity index (χ3v) is 13.1. The maximum Gasteiger partial charge on any atom is 0.297 e. The van der Waals surface area contributed by atoms with Crippen LogP contribution >= 0.6 is 0 Å². The number of carbonyl (C=O) groups is 1. The summed E-state index contributed by atoms with van der Waals surface area (Å²) in [7, 11) is -5.01. The summed E-state index contributed by atoms with van der Waals surface area (Å²) in [5, 5.41) is 0. The highest BCUT2D eigenvalue weighted by Gasteiger charge is 2.71. The van der Waals surface area contributed by atoms with Crippen molar-refractivity contribution < 1.29 is 39.5 Å². The second-order valence-electron chi connectivity index (χ2n) is 13.2. The molecule has 2 fully saturated rings. The highest BCUT2D eigenvalue weighted by molar-refractivity contribution is 7.87. The number of hydrogen-bond donors (Lipinski definition) is 0. The second kappa shape index (κ2) is 10.9. The molecule has 1 spiro atoms. The number of likely N-dealkylation sites (tertiary alicyclic amines) is 1. The van der Waals surface area contributed by atoms with E-state index in [4.69, 9.17) is 17.8 Å². The Labute approximate surface area is 269 Å². The van der Waals surface area contributed by atoms with Crippen molar-refractivity contribution in [3.05, 3.63) is 82.9 Å². The molecule has 7 rings (SSSR count). The Hall–Kier alpha value is -3.29. The Morgan fingerprint density at radius 1 is 0.870 bits per heavy atom. The third-order valence-electron chi connectivity index (χ3n) is 10.6. The standard InChI is InChI=1S/C34H37NO9S2/c1-21-5-10-24(11-6-21)45(37,38)42-19-33(20-43-46(39,40)25-12-7-22(2)8-13-25)18-26-27-17-23-9-14-28(41-4)30-29(23)34(26,15-16-35(27)3)32(44-30)31(33)36/h5-14,26-27,32H,15-20H2,1-4H3/t26-,27+,32?,34-/m0/s1. The van der Waals surface area contributed by atoms with Gasteiger partial charge in [-0.3, -0.25) is 13.2 Å². The minimum Gasteiger partial charge on any atom is -0.493 e. The van der Waals surface area contributed by atoms with Crippen LogP contribution < -0.4 is 9.47 Å². The van der Waals surface area contributed by atoms with Gasteiger partial charge in [-0.2, -0.15) is 16.8 Å². The molecule has 1 unspecified atom stereocenters. The van der Waals surface area contributed by atoms with E-state index in [2.05, 4.69) is 4.90 Å². The first-order chi connectivity index (χ1) is 21.8. The zero-order chi connectivity index (χ0) is 32.6. The first-order valence-electron chi connectivity index (χ1n) is 15.4. The number of rotatable bonds is 9. The van der Waals surface area contributed by atoms with Crippen molar-refractivity contribution in [2.45, 2.75) is 60.5 Å². The number of likely N-dealkylation sites (N-methyl/N-ethyl adjacent to an activating group) is 1. The van der Waals surface area contributed by atoms with Crippen LogP contribution in [0.3, 0.4) is 0 Å². The molecule has 4 atom stereocenters. The first kappa shape index (κ1) is 31.3. The van der Waals surface area contributed by atoms with E-state index in [1.165, 1.54) is 24.3 Å². The Balaban J connectivity index is 1.31. The molecule has 0 amide bonds. The smallest absolute Gasteiger partial charge is 0.297 e. The van der Waals surface area contributed by atoms with Crippen molar-refractivity contribution in [2.75, 3.05) is 33.9 Å².